The van der Waals surface area contributed by atoms with E-state index in [2.05, 4.69) is 52.7 Å². The molecule has 0 atom stereocenters. The number of nitrogens with zero attached hydrogens (tertiary/aromatic N) is 2. The van der Waals surface area contributed by atoms with E-state index >= 15 is 0 Å². The van der Waals surface area contributed by atoms with Gasteiger partial charge in [-0.05, 0) is 64.5 Å². The zero-order valence-electron chi connectivity index (χ0n) is 16.7. The van der Waals surface area contributed by atoms with E-state index in [-0.39, 0.29) is 11.7 Å². The standard InChI is InChI=1S/C23H15Br2ClN4O2S/c24-16-9-15(21(31)19(25)10-16)11-27-30-22(32)14-3-1-13(2-4-14)20-12-33-23(29-20)28-18-7-5-17(26)6-8-18/h1-12,31H,(H,28,29)(H,30,32)/b27-11-. The van der Waals surface area contributed by atoms with Crippen LogP contribution in [0.2, 0.25) is 5.02 Å². The van der Waals surface area contributed by atoms with Crippen molar-refractivity contribution in [2.75, 3.05) is 5.32 Å². The molecule has 6 nitrogen and oxygen atoms in total. The lowest BCUT2D eigenvalue weighted by Gasteiger charge is -2.04. The number of rotatable bonds is 6. The summed E-state index contributed by atoms with van der Waals surface area (Å²) in [6.07, 6.45) is 1.38. The minimum atomic E-state index is -0.366. The number of phenolic OH excluding ortho intramolecular Hbond substituents is 1. The van der Waals surface area contributed by atoms with Gasteiger partial charge in [0.25, 0.3) is 5.91 Å². The molecule has 4 rings (SSSR count). The number of benzene rings is 3. The van der Waals surface area contributed by atoms with Crippen molar-refractivity contribution < 1.29 is 9.90 Å². The molecule has 0 bridgehead atoms. The van der Waals surface area contributed by atoms with Gasteiger partial charge in [0.15, 0.2) is 5.13 Å². The Morgan fingerprint density at radius 2 is 1.82 bits per heavy atom. The van der Waals surface area contributed by atoms with Gasteiger partial charge in [0.2, 0.25) is 0 Å². The SMILES string of the molecule is O=C(N/N=C\c1cc(Br)cc(Br)c1O)c1ccc(-c2csc(Nc3ccc(Cl)cc3)n2)cc1. The minimum absolute atomic E-state index is 0.0359. The Morgan fingerprint density at radius 1 is 1.09 bits per heavy atom. The van der Waals surface area contributed by atoms with Gasteiger partial charge in [-0.3, -0.25) is 4.79 Å². The molecule has 166 valence electrons. The fraction of sp³-hybridized carbons (Fsp3) is 0. The van der Waals surface area contributed by atoms with Crippen LogP contribution < -0.4 is 10.7 Å². The predicted octanol–water partition coefficient (Wildman–Crippen LogP) is 7.20. The van der Waals surface area contributed by atoms with Gasteiger partial charge in [0, 0.05) is 37.3 Å². The number of aromatic nitrogens is 1. The Labute approximate surface area is 215 Å². The molecular weight excluding hydrogens is 592 g/mol. The lowest BCUT2D eigenvalue weighted by Crippen LogP contribution is -2.17. The Kier molecular flexibility index (Phi) is 7.44. The summed E-state index contributed by atoms with van der Waals surface area (Å²) in [6, 6.07) is 17.9. The molecule has 0 fully saturated rings. The van der Waals surface area contributed by atoms with Gasteiger partial charge in [0.05, 0.1) is 16.4 Å². The van der Waals surface area contributed by atoms with Crippen molar-refractivity contribution in [2.45, 2.75) is 0 Å². The highest BCUT2D eigenvalue weighted by Crippen LogP contribution is 2.31. The molecule has 3 aromatic carbocycles. The summed E-state index contributed by atoms with van der Waals surface area (Å²) in [5.41, 5.74) is 5.96. The Hall–Kier alpha value is -2.72. The molecule has 1 heterocycles. The number of carbonyl (C=O) groups excluding carboxylic acids is 1. The summed E-state index contributed by atoms with van der Waals surface area (Å²) in [5.74, 6) is -0.330. The lowest BCUT2D eigenvalue weighted by atomic mass is 10.1. The van der Waals surface area contributed by atoms with Gasteiger partial charge in [-0.25, -0.2) is 10.4 Å². The number of thiazole rings is 1. The van der Waals surface area contributed by atoms with Gasteiger partial charge in [-0.1, -0.05) is 39.7 Å². The molecule has 0 saturated heterocycles. The quantitative estimate of drug-likeness (QED) is 0.160. The second-order valence-corrected chi connectivity index (χ2v) is 9.84. The number of hydrazone groups is 1. The van der Waals surface area contributed by atoms with Crippen LogP contribution in [-0.4, -0.2) is 22.2 Å². The summed E-state index contributed by atoms with van der Waals surface area (Å²) in [6.45, 7) is 0. The molecule has 0 saturated carbocycles. The molecule has 0 aliphatic carbocycles. The molecule has 0 aliphatic heterocycles. The Bertz CT molecular complexity index is 1330. The van der Waals surface area contributed by atoms with Crippen LogP contribution in [0.25, 0.3) is 11.3 Å². The van der Waals surface area contributed by atoms with E-state index < -0.39 is 0 Å². The van der Waals surface area contributed by atoms with Crippen LogP contribution in [0.4, 0.5) is 10.8 Å². The first kappa shape index (κ1) is 23.4. The van der Waals surface area contributed by atoms with Crippen LogP contribution in [0.1, 0.15) is 15.9 Å². The zero-order chi connectivity index (χ0) is 23.4. The maximum Gasteiger partial charge on any atom is 0.271 e. The highest BCUT2D eigenvalue weighted by Gasteiger charge is 2.09. The van der Waals surface area contributed by atoms with Crippen LogP contribution in [0.3, 0.4) is 0 Å². The molecule has 3 N–H and O–H groups in total. The molecule has 0 aliphatic rings. The van der Waals surface area contributed by atoms with Gasteiger partial charge in [-0.2, -0.15) is 5.10 Å². The monoisotopic (exact) mass is 604 g/mol. The normalized spacial score (nSPS) is 11.0. The lowest BCUT2D eigenvalue weighted by molar-refractivity contribution is 0.0955. The second kappa shape index (κ2) is 10.5. The average Bonchev–Trinajstić information content (AvgIpc) is 3.27. The number of hydrogen-bond acceptors (Lipinski definition) is 6. The number of phenols is 1. The summed E-state index contributed by atoms with van der Waals surface area (Å²) in [4.78, 5) is 17.0. The summed E-state index contributed by atoms with van der Waals surface area (Å²) >= 11 is 14.0. The molecule has 0 radical (unpaired) electrons. The van der Waals surface area contributed by atoms with Gasteiger partial charge in [0.1, 0.15) is 5.75 Å². The molecule has 0 unspecified atom stereocenters. The van der Waals surface area contributed by atoms with E-state index in [1.807, 2.05) is 41.8 Å². The van der Waals surface area contributed by atoms with Crippen LogP contribution in [0.5, 0.6) is 5.75 Å². The largest absolute Gasteiger partial charge is 0.506 e. The predicted molar refractivity (Wildman–Crippen MR) is 141 cm³/mol. The van der Waals surface area contributed by atoms with Gasteiger partial charge in [-0.15, -0.1) is 11.3 Å². The highest BCUT2D eigenvalue weighted by molar-refractivity contribution is 9.11. The first-order valence-corrected chi connectivity index (χ1v) is 12.3. The van der Waals surface area contributed by atoms with Crippen molar-refractivity contribution in [3.63, 3.8) is 0 Å². The molecule has 4 aromatic rings. The van der Waals surface area contributed by atoms with E-state index in [9.17, 15) is 9.90 Å². The van der Waals surface area contributed by atoms with Crippen molar-refractivity contribution in [3.05, 3.63) is 91.1 Å². The van der Waals surface area contributed by atoms with Crippen LogP contribution in [-0.2, 0) is 0 Å². The van der Waals surface area contributed by atoms with Crippen LogP contribution >= 0.6 is 54.8 Å². The molecule has 0 spiro atoms. The Morgan fingerprint density at radius 3 is 2.55 bits per heavy atom. The fourth-order valence-corrected chi connectivity index (χ4v) is 4.95. The number of hydrogen-bond donors (Lipinski definition) is 3. The second-order valence-electron chi connectivity index (χ2n) is 6.77. The first-order chi connectivity index (χ1) is 15.9. The number of anilines is 2. The first-order valence-electron chi connectivity index (χ1n) is 9.49. The molecule has 10 heteroatoms. The zero-order valence-corrected chi connectivity index (χ0v) is 21.5. The maximum atomic E-state index is 12.4. The van der Waals surface area contributed by atoms with Crippen LogP contribution in [0, 0.1) is 0 Å². The number of nitrogens with one attached hydrogen (secondary N) is 2. The fourth-order valence-electron chi connectivity index (χ4n) is 2.82. The number of aromatic hydroxyl groups is 1. The number of halogens is 3. The third kappa shape index (κ3) is 6.00. The summed E-state index contributed by atoms with van der Waals surface area (Å²) < 4.78 is 1.29. The topological polar surface area (TPSA) is 86.6 Å². The maximum absolute atomic E-state index is 12.4. The molecule has 1 aromatic heterocycles. The average molecular weight is 607 g/mol. The van der Waals surface area contributed by atoms with Gasteiger partial charge >= 0.3 is 0 Å². The molecule has 1 amide bonds. The van der Waals surface area contributed by atoms with Crippen molar-refractivity contribution in [3.8, 4) is 17.0 Å². The third-order valence-corrected chi connectivity index (χ3v) is 6.54. The Balaban J connectivity index is 1.39. The van der Waals surface area contributed by atoms with Crippen molar-refractivity contribution in [1.29, 1.82) is 0 Å². The molecule has 33 heavy (non-hydrogen) atoms. The van der Waals surface area contributed by atoms with Crippen LogP contribution in [0.15, 0.2) is 80.1 Å². The smallest absolute Gasteiger partial charge is 0.271 e. The van der Waals surface area contributed by atoms with Crippen molar-refractivity contribution in [1.82, 2.24) is 10.4 Å². The summed E-state index contributed by atoms with van der Waals surface area (Å²) in [7, 11) is 0. The van der Waals surface area contributed by atoms with E-state index in [0.29, 0.717) is 20.6 Å². The number of amides is 1. The summed E-state index contributed by atoms with van der Waals surface area (Å²) in [5, 5.41) is 20.6. The highest BCUT2D eigenvalue weighted by atomic mass is 79.9. The van der Waals surface area contributed by atoms with E-state index in [1.165, 1.54) is 17.6 Å². The molecular formula is C23H15Br2ClN4O2S. The van der Waals surface area contributed by atoms with E-state index in [4.69, 9.17) is 11.6 Å². The van der Waals surface area contributed by atoms with Crippen molar-refractivity contribution in [2.24, 2.45) is 5.10 Å². The van der Waals surface area contributed by atoms with Gasteiger partial charge < -0.3 is 10.4 Å². The number of carbonyl (C=O) groups is 1. The third-order valence-electron chi connectivity index (χ3n) is 4.47. The minimum Gasteiger partial charge on any atom is -0.506 e. The van der Waals surface area contributed by atoms with Crippen molar-refractivity contribution >= 4 is 77.7 Å². The van der Waals surface area contributed by atoms with E-state index in [0.717, 1.165) is 26.5 Å². The van der Waals surface area contributed by atoms with E-state index in [1.54, 1.807) is 24.3 Å².